The van der Waals surface area contributed by atoms with Gasteiger partial charge in [0, 0.05) is 19.1 Å². The van der Waals surface area contributed by atoms with Crippen LogP contribution in [0.3, 0.4) is 0 Å². The van der Waals surface area contributed by atoms with Crippen molar-refractivity contribution in [3.05, 3.63) is 0 Å². The van der Waals surface area contributed by atoms with E-state index in [1.807, 2.05) is 0 Å². The summed E-state index contributed by atoms with van der Waals surface area (Å²) in [6.45, 7) is 1.97. The zero-order chi connectivity index (χ0) is 6.69. The Balaban J connectivity index is 2.23. The highest BCUT2D eigenvalue weighted by molar-refractivity contribution is 4.72. The van der Waals surface area contributed by atoms with Gasteiger partial charge < -0.3 is 4.90 Å². The van der Waals surface area contributed by atoms with Crippen LogP contribution in [-0.4, -0.2) is 38.1 Å². The SMILES string of the molecule is CN(C)C1CC[N]NC1. The second kappa shape index (κ2) is 3.15. The Morgan fingerprint density at radius 1 is 1.56 bits per heavy atom. The summed E-state index contributed by atoms with van der Waals surface area (Å²) in [6, 6.07) is 0.683. The maximum absolute atomic E-state index is 4.03. The normalized spacial score (nSPS) is 29.0. The molecule has 53 valence electrons. The van der Waals surface area contributed by atoms with Gasteiger partial charge in [-0.25, -0.2) is 5.43 Å². The van der Waals surface area contributed by atoms with Gasteiger partial charge >= 0.3 is 0 Å². The van der Waals surface area contributed by atoms with Gasteiger partial charge in [-0.15, -0.1) is 0 Å². The highest BCUT2D eigenvalue weighted by atomic mass is 15.4. The smallest absolute Gasteiger partial charge is 0.0319 e. The molecule has 0 bridgehead atoms. The van der Waals surface area contributed by atoms with Gasteiger partial charge in [-0.3, -0.25) is 0 Å². The number of likely N-dealkylation sites (N-methyl/N-ethyl adjacent to an activating group) is 1. The van der Waals surface area contributed by atoms with E-state index in [0.717, 1.165) is 13.1 Å². The van der Waals surface area contributed by atoms with E-state index in [2.05, 4.69) is 29.8 Å². The summed E-state index contributed by atoms with van der Waals surface area (Å²) in [4.78, 5) is 2.24. The number of nitrogens with one attached hydrogen (secondary N) is 1. The van der Waals surface area contributed by atoms with Crippen molar-refractivity contribution in [2.45, 2.75) is 12.5 Å². The number of hydrogen-bond acceptors (Lipinski definition) is 2. The minimum Gasteiger partial charge on any atom is -0.305 e. The summed E-state index contributed by atoms with van der Waals surface area (Å²) in [5.41, 5.74) is 7.03. The number of rotatable bonds is 1. The molecule has 0 amide bonds. The van der Waals surface area contributed by atoms with Crippen molar-refractivity contribution >= 4 is 0 Å². The molecule has 0 spiro atoms. The average Bonchev–Trinajstić information content (AvgIpc) is 1.90. The lowest BCUT2D eigenvalue weighted by atomic mass is 10.2. The Kier molecular flexibility index (Phi) is 2.45. The first-order chi connectivity index (χ1) is 4.30. The van der Waals surface area contributed by atoms with Crippen LogP contribution in [0.15, 0.2) is 0 Å². The van der Waals surface area contributed by atoms with Crippen LogP contribution in [0.4, 0.5) is 0 Å². The van der Waals surface area contributed by atoms with E-state index < -0.39 is 0 Å². The van der Waals surface area contributed by atoms with Crippen LogP contribution in [0.2, 0.25) is 0 Å². The average molecular weight is 128 g/mol. The molecule has 1 heterocycles. The van der Waals surface area contributed by atoms with Crippen molar-refractivity contribution in [2.24, 2.45) is 0 Å². The van der Waals surface area contributed by atoms with E-state index in [0.29, 0.717) is 6.04 Å². The summed E-state index contributed by atoms with van der Waals surface area (Å²) < 4.78 is 0. The Morgan fingerprint density at radius 3 is 2.67 bits per heavy atom. The fraction of sp³-hybridized carbons (Fsp3) is 1.00. The summed E-state index contributed by atoms with van der Waals surface area (Å²) in [5.74, 6) is 0. The van der Waals surface area contributed by atoms with Crippen molar-refractivity contribution < 1.29 is 0 Å². The van der Waals surface area contributed by atoms with E-state index in [4.69, 9.17) is 0 Å². The molecule has 1 atom stereocenters. The molecule has 0 aromatic carbocycles. The summed E-state index contributed by atoms with van der Waals surface area (Å²) in [7, 11) is 4.22. The van der Waals surface area contributed by atoms with E-state index in [-0.39, 0.29) is 0 Å². The zero-order valence-corrected chi connectivity index (χ0v) is 6.09. The molecule has 1 radical (unpaired) electrons. The molecule has 3 heteroatoms. The Hall–Kier alpha value is -0.120. The van der Waals surface area contributed by atoms with Crippen LogP contribution in [-0.2, 0) is 0 Å². The predicted molar refractivity (Wildman–Crippen MR) is 37.1 cm³/mol. The molecule has 0 aliphatic carbocycles. The second-order valence-corrected chi connectivity index (χ2v) is 2.65. The van der Waals surface area contributed by atoms with Crippen molar-refractivity contribution in [3.63, 3.8) is 0 Å². The van der Waals surface area contributed by atoms with Crippen LogP contribution < -0.4 is 10.9 Å². The van der Waals surface area contributed by atoms with Crippen molar-refractivity contribution in [1.82, 2.24) is 15.8 Å². The highest BCUT2D eigenvalue weighted by Gasteiger charge is 2.14. The molecule has 3 nitrogen and oxygen atoms in total. The largest absolute Gasteiger partial charge is 0.305 e. The van der Waals surface area contributed by atoms with E-state index in [1.54, 1.807) is 0 Å². The molecule has 0 saturated carbocycles. The van der Waals surface area contributed by atoms with Crippen LogP contribution >= 0.6 is 0 Å². The lowest BCUT2D eigenvalue weighted by Crippen LogP contribution is -2.47. The topological polar surface area (TPSA) is 29.4 Å². The van der Waals surface area contributed by atoms with Gasteiger partial charge in [0.15, 0.2) is 0 Å². The maximum atomic E-state index is 4.03. The van der Waals surface area contributed by atoms with E-state index in [1.165, 1.54) is 6.42 Å². The monoisotopic (exact) mass is 128 g/mol. The first-order valence-electron chi connectivity index (χ1n) is 3.36. The molecule has 1 saturated heterocycles. The van der Waals surface area contributed by atoms with Gasteiger partial charge in [-0.05, 0) is 20.5 Å². The van der Waals surface area contributed by atoms with Crippen LogP contribution in [0.25, 0.3) is 0 Å². The highest BCUT2D eigenvalue weighted by Crippen LogP contribution is 1.99. The third kappa shape index (κ3) is 1.93. The second-order valence-electron chi connectivity index (χ2n) is 2.65. The van der Waals surface area contributed by atoms with Gasteiger partial charge in [0.1, 0.15) is 0 Å². The molecule has 9 heavy (non-hydrogen) atoms. The molecule has 1 aliphatic rings. The summed E-state index contributed by atoms with van der Waals surface area (Å²) >= 11 is 0. The zero-order valence-electron chi connectivity index (χ0n) is 6.09. The Labute approximate surface area is 56.4 Å². The Morgan fingerprint density at radius 2 is 2.33 bits per heavy atom. The van der Waals surface area contributed by atoms with Crippen molar-refractivity contribution in [2.75, 3.05) is 27.2 Å². The van der Waals surface area contributed by atoms with Gasteiger partial charge in [0.25, 0.3) is 0 Å². The molecule has 1 aliphatic heterocycles. The standard InChI is InChI=1S/C6H14N3/c1-9(2)6-3-4-7-8-5-6/h6,8H,3-5H2,1-2H3. The van der Waals surface area contributed by atoms with Crippen LogP contribution in [0.5, 0.6) is 0 Å². The fourth-order valence-corrected chi connectivity index (χ4v) is 1.01. The summed E-state index contributed by atoms with van der Waals surface area (Å²) in [6.07, 6.45) is 1.19. The van der Waals surface area contributed by atoms with Crippen LogP contribution in [0, 0.1) is 0 Å². The van der Waals surface area contributed by atoms with Gasteiger partial charge in [0.05, 0.1) is 0 Å². The molecule has 1 fully saturated rings. The van der Waals surface area contributed by atoms with Crippen LogP contribution in [0.1, 0.15) is 6.42 Å². The molecule has 0 aromatic rings. The third-order valence-electron chi connectivity index (χ3n) is 1.74. The maximum Gasteiger partial charge on any atom is 0.0319 e. The Bertz CT molecular complexity index is 76.4. The third-order valence-corrected chi connectivity index (χ3v) is 1.74. The minimum absolute atomic E-state index is 0.683. The lowest BCUT2D eigenvalue weighted by molar-refractivity contribution is 0.224. The first-order valence-corrected chi connectivity index (χ1v) is 3.36. The molecular weight excluding hydrogens is 114 g/mol. The quantitative estimate of drug-likeness (QED) is 0.512. The predicted octanol–water partition coefficient (Wildman–Crippen LogP) is -0.571. The number of hydrogen-bond donors (Lipinski definition) is 1. The van der Waals surface area contributed by atoms with E-state index in [9.17, 15) is 0 Å². The van der Waals surface area contributed by atoms with Gasteiger partial charge in [-0.2, -0.15) is 5.43 Å². The first kappa shape index (κ1) is 6.99. The van der Waals surface area contributed by atoms with Crippen molar-refractivity contribution in [1.29, 1.82) is 0 Å². The molecular formula is C6H14N3. The van der Waals surface area contributed by atoms with Crippen molar-refractivity contribution in [3.8, 4) is 0 Å². The minimum atomic E-state index is 0.683. The molecule has 1 rings (SSSR count). The molecule has 1 N–H and O–H groups in total. The summed E-state index contributed by atoms with van der Waals surface area (Å²) in [5, 5.41) is 0. The van der Waals surface area contributed by atoms with Gasteiger partial charge in [0.2, 0.25) is 0 Å². The molecule has 0 aromatic heterocycles. The lowest BCUT2D eigenvalue weighted by Gasteiger charge is -2.27. The van der Waals surface area contributed by atoms with E-state index >= 15 is 0 Å². The fourth-order valence-electron chi connectivity index (χ4n) is 1.01. The molecule has 1 unspecified atom stereocenters. The number of nitrogens with zero attached hydrogens (tertiary/aromatic N) is 2. The van der Waals surface area contributed by atoms with Gasteiger partial charge in [-0.1, -0.05) is 0 Å².